The van der Waals surface area contributed by atoms with Crippen LogP contribution in [0.25, 0.3) is 0 Å². The monoisotopic (exact) mass is 256 g/mol. The first-order valence-corrected chi connectivity index (χ1v) is 6.69. The molecule has 2 heterocycles. The van der Waals surface area contributed by atoms with Gasteiger partial charge in [-0.1, -0.05) is 13.8 Å². The van der Waals surface area contributed by atoms with Gasteiger partial charge in [-0.15, -0.1) is 0 Å². The van der Waals surface area contributed by atoms with Crippen LogP contribution in [0.5, 0.6) is 0 Å². The third-order valence-corrected chi connectivity index (χ3v) is 2.81. The standard InChI is InChI=1S/C15H20N4/c1-4-17-14-10-13(18-15(19-14)11(2)3)9-12-5-7-16-8-6-12/h5-8,10-11H,4,9H2,1-3H3,(H,17,18,19). The molecule has 2 rings (SSSR count). The molecular formula is C15H20N4. The summed E-state index contributed by atoms with van der Waals surface area (Å²) in [6, 6.07) is 6.06. The van der Waals surface area contributed by atoms with E-state index in [9.17, 15) is 0 Å². The maximum atomic E-state index is 4.64. The summed E-state index contributed by atoms with van der Waals surface area (Å²) in [6.45, 7) is 7.16. The summed E-state index contributed by atoms with van der Waals surface area (Å²) < 4.78 is 0. The van der Waals surface area contributed by atoms with Crippen LogP contribution in [0.4, 0.5) is 5.82 Å². The van der Waals surface area contributed by atoms with Gasteiger partial charge < -0.3 is 5.32 Å². The summed E-state index contributed by atoms with van der Waals surface area (Å²) in [5.74, 6) is 2.13. The molecule has 0 aliphatic rings. The number of hydrogen-bond donors (Lipinski definition) is 1. The number of nitrogens with one attached hydrogen (secondary N) is 1. The lowest BCUT2D eigenvalue weighted by atomic mass is 10.1. The number of nitrogens with zero attached hydrogens (tertiary/aromatic N) is 3. The van der Waals surface area contributed by atoms with E-state index in [1.807, 2.05) is 30.6 Å². The Bertz CT molecular complexity index is 523. The van der Waals surface area contributed by atoms with E-state index in [1.54, 1.807) is 0 Å². The molecule has 1 N–H and O–H groups in total. The number of rotatable bonds is 5. The summed E-state index contributed by atoms with van der Waals surface area (Å²) >= 11 is 0. The van der Waals surface area contributed by atoms with Gasteiger partial charge in [-0.05, 0) is 24.6 Å². The van der Waals surface area contributed by atoms with E-state index < -0.39 is 0 Å². The number of aromatic nitrogens is 3. The van der Waals surface area contributed by atoms with E-state index in [4.69, 9.17) is 0 Å². The van der Waals surface area contributed by atoms with Gasteiger partial charge in [0.1, 0.15) is 11.6 Å². The molecule has 0 unspecified atom stereocenters. The molecule has 0 atom stereocenters. The predicted molar refractivity (Wildman–Crippen MR) is 77.3 cm³/mol. The molecule has 4 nitrogen and oxygen atoms in total. The maximum absolute atomic E-state index is 4.64. The fourth-order valence-electron chi connectivity index (χ4n) is 1.85. The molecule has 19 heavy (non-hydrogen) atoms. The summed E-state index contributed by atoms with van der Waals surface area (Å²) in [7, 11) is 0. The van der Waals surface area contributed by atoms with Crippen LogP contribution >= 0.6 is 0 Å². The second-order valence-electron chi connectivity index (χ2n) is 4.82. The van der Waals surface area contributed by atoms with Crippen molar-refractivity contribution in [2.75, 3.05) is 11.9 Å². The third kappa shape index (κ3) is 3.74. The third-order valence-electron chi connectivity index (χ3n) is 2.81. The Balaban J connectivity index is 2.28. The largest absolute Gasteiger partial charge is 0.370 e. The van der Waals surface area contributed by atoms with Crippen LogP contribution in [0.15, 0.2) is 30.6 Å². The Hall–Kier alpha value is -1.97. The van der Waals surface area contributed by atoms with Gasteiger partial charge in [0, 0.05) is 37.3 Å². The van der Waals surface area contributed by atoms with Crippen molar-refractivity contribution in [2.24, 2.45) is 0 Å². The Morgan fingerprint density at radius 2 is 1.89 bits per heavy atom. The molecule has 0 spiro atoms. The van der Waals surface area contributed by atoms with Crippen molar-refractivity contribution < 1.29 is 0 Å². The van der Waals surface area contributed by atoms with Crippen LogP contribution in [-0.2, 0) is 6.42 Å². The van der Waals surface area contributed by atoms with E-state index in [1.165, 1.54) is 5.56 Å². The van der Waals surface area contributed by atoms with Crippen molar-refractivity contribution in [1.29, 1.82) is 0 Å². The molecule has 0 amide bonds. The molecule has 0 aromatic carbocycles. The molecule has 0 fully saturated rings. The van der Waals surface area contributed by atoms with Crippen LogP contribution in [-0.4, -0.2) is 21.5 Å². The minimum Gasteiger partial charge on any atom is -0.370 e. The number of hydrogen-bond acceptors (Lipinski definition) is 4. The molecule has 4 heteroatoms. The van der Waals surface area contributed by atoms with E-state index in [0.717, 1.165) is 30.3 Å². The van der Waals surface area contributed by atoms with Crippen LogP contribution in [0.1, 0.15) is 43.8 Å². The van der Waals surface area contributed by atoms with E-state index in [0.29, 0.717) is 5.92 Å². The molecule has 0 bridgehead atoms. The van der Waals surface area contributed by atoms with E-state index >= 15 is 0 Å². The van der Waals surface area contributed by atoms with Gasteiger partial charge in [-0.2, -0.15) is 0 Å². The molecule has 0 aliphatic heterocycles. The average Bonchev–Trinajstić information content (AvgIpc) is 2.40. The van der Waals surface area contributed by atoms with Gasteiger partial charge in [-0.25, -0.2) is 9.97 Å². The fourth-order valence-corrected chi connectivity index (χ4v) is 1.85. The number of pyridine rings is 1. The molecule has 2 aromatic rings. The van der Waals surface area contributed by atoms with E-state index in [-0.39, 0.29) is 0 Å². The molecule has 100 valence electrons. The molecule has 0 aliphatic carbocycles. The van der Waals surface area contributed by atoms with Gasteiger partial charge in [0.2, 0.25) is 0 Å². The molecular weight excluding hydrogens is 236 g/mol. The number of anilines is 1. The second-order valence-corrected chi connectivity index (χ2v) is 4.82. The summed E-state index contributed by atoms with van der Waals surface area (Å²) in [6.07, 6.45) is 4.43. The SMILES string of the molecule is CCNc1cc(Cc2ccncc2)nc(C(C)C)n1. The Morgan fingerprint density at radius 3 is 2.53 bits per heavy atom. The summed E-state index contributed by atoms with van der Waals surface area (Å²) in [4.78, 5) is 13.2. The van der Waals surface area contributed by atoms with Gasteiger partial charge in [0.15, 0.2) is 0 Å². The zero-order valence-electron chi connectivity index (χ0n) is 11.7. The van der Waals surface area contributed by atoms with Crippen LogP contribution in [0.3, 0.4) is 0 Å². The molecule has 0 radical (unpaired) electrons. The summed E-state index contributed by atoms with van der Waals surface area (Å²) in [5.41, 5.74) is 2.26. The van der Waals surface area contributed by atoms with Crippen molar-refractivity contribution in [3.05, 3.63) is 47.7 Å². The molecule has 2 aromatic heterocycles. The van der Waals surface area contributed by atoms with Crippen molar-refractivity contribution in [3.63, 3.8) is 0 Å². The van der Waals surface area contributed by atoms with Crippen LogP contribution in [0, 0.1) is 0 Å². The first-order chi connectivity index (χ1) is 9.19. The lowest BCUT2D eigenvalue weighted by molar-refractivity contribution is 0.762. The first kappa shape index (κ1) is 13.5. The van der Waals surface area contributed by atoms with Crippen molar-refractivity contribution in [1.82, 2.24) is 15.0 Å². The highest BCUT2D eigenvalue weighted by Crippen LogP contribution is 2.16. The van der Waals surface area contributed by atoms with Crippen molar-refractivity contribution in [3.8, 4) is 0 Å². The fraction of sp³-hybridized carbons (Fsp3) is 0.400. The van der Waals surface area contributed by atoms with Crippen molar-refractivity contribution >= 4 is 5.82 Å². The zero-order valence-corrected chi connectivity index (χ0v) is 11.7. The second kappa shape index (κ2) is 6.27. The smallest absolute Gasteiger partial charge is 0.133 e. The van der Waals surface area contributed by atoms with Crippen molar-refractivity contribution in [2.45, 2.75) is 33.1 Å². The Labute approximate surface area is 114 Å². The highest BCUT2D eigenvalue weighted by Gasteiger charge is 2.08. The minimum atomic E-state index is 0.329. The maximum Gasteiger partial charge on any atom is 0.133 e. The normalized spacial score (nSPS) is 10.7. The summed E-state index contributed by atoms with van der Waals surface area (Å²) in [5, 5.41) is 3.27. The molecule has 0 saturated carbocycles. The molecule has 0 saturated heterocycles. The van der Waals surface area contributed by atoms with Gasteiger partial charge in [0.05, 0.1) is 5.69 Å². The highest BCUT2D eigenvalue weighted by molar-refractivity contribution is 5.37. The predicted octanol–water partition coefficient (Wildman–Crippen LogP) is 3.02. The Kier molecular flexibility index (Phi) is 4.44. The topological polar surface area (TPSA) is 50.7 Å². The first-order valence-electron chi connectivity index (χ1n) is 6.69. The quantitative estimate of drug-likeness (QED) is 0.893. The van der Waals surface area contributed by atoms with Crippen LogP contribution in [0.2, 0.25) is 0 Å². The van der Waals surface area contributed by atoms with Gasteiger partial charge in [-0.3, -0.25) is 4.98 Å². The van der Waals surface area contributed by atoms with E-state index in [2.05, 4.69) is 41.0 Å². The lowest BCUT2D eigenvalue weighted by Crippen LogP contribution is -2.07. The zero-order chi connectivity index (χ0) is 13.7. The van der Waals surface area contributed by atoms with Gasteiger partial charge >= 0.3 is 0 Å². The minimum absolute atomic E-state index is 0.329. The van der Waals surface area contributed by atoms with Gasteiger partial charge in [0.25, 0.3) is 0 Å². The average molecular weight is 256 g/mol. The highest BCUT2D eigenvalue weighted by atomic mass is 15.0. The van der Waals surface area contributed by atoms with Crippen LogP contribution < -0.4 is 5.32 Å². The lowest BCUT2D eigenvalue weighted by Gasteiger charge is -2.11. The Morgan fingerprint density at radius 1 is 1.16 bits per heavy atom.